The second-order valence-electron chi connectivity index (χ2n) is 6.93. The van der Waals surface area contributed by atoms with Crippen molar-refractivity contribution in [3.8, 4) is 0 Å². The summed E-state index contributed by atoms with van der Waals surface area (Å²) in [5.41, 5.74) is 1.91. The van der Waals surface area contributed by atoms with E-state index in [4.69, 9.17) is 0 Å². The van der Waals surface area contributed by atoms with E-state index in [-0.39, 0.29) is 35.8 Å². The standard InChI is InChI=1S/C18H24N2O4S/c1-3-19(15-6-4-5-13(2)9-15)18(22)14-10-17(21)20(11-14)16-7-8-25(23,24)12-16/h4-6,9,14,16H,3,7-8,10-12H2,1-2H3. The number of likely N-dealkylation sites (tertiary alicyclic amines) is 1. The van der Waals surface area contributed by atoms with Gasteiger partial charge in [-0.05, 0) is 38.0 Å². The maximum atomic E-state index is 13.0. The molecule has 7 heteroatoms. The SMILES string of the molecule is CCN(C(=O)C1CC(=O)N(C2CCS(=O)(=O)C2)C1)c1cccc(C)c1. The van der Waals surface area contributed by atoms with Crippen LogP contribution in [0.15, 0.2) is 24.3 Å². The molecule has 0 N–H and O–H groups in total. The van der Waals surface area contributed by atoms with E-state index >= 15 is 0 Å². The van der Waals surface area contributed by atoms with Crippen LogP contribution in [-0.2, 0) is 19.4 Å². The van der Waals surface area contributed by atoms with Crippen molar-refractivity contribution >= 4 is 27.3 Å². The molecule has 2 saturated heterocycles. The van der Waals surface area contributed by atoms with Gasteiger partial charge in [-0.2, -0.15) is 0 Å². The van der Waals surface area contributed by atoms with Gasteiger partial charge in [0.25, 0.3) is 0 Å². The monoisotopic (exact) mass is 364 g/mol. The van der Waals surface area contributed by atoms with Crippen molar-refractivity contribution in [1.82, 2.24) is 4.90 Å². The minimum absolute atomic E-state index is 0.0228. The average Bonchev–Trinajstić information content (AvgIpc) is 3.10. The Morgan fingerprint density at radius 3 is 2.72 bits per heavy atom. The predicted molar refractivity (Wildman–Crippen MR) is 96.1 cm³/mol. The first-order valence-corrected chi connectivity index (χ1v) is 10.5. The maximum Gasteiger partial charge on any atom is 0.232 e. The number of hydrogen-bond donors (Lipinski definition) is 0. The van der Waals surface area contributed by atoms with E-state index in [1.807, 2.05) is 38.1 Å². The van der Waals surface area contributed by atoms with E-state index in [0.29, 0.717) is 19.5 Å². The molecule has 0 radical (unpaired) electrons. The third kappa shape index (κ3) is 3.71. The highest BCUT2D eigenvalue weighted by molar-refractivity contribution is 7.91. The Kier molecular flexibility index (Phi) is 4.86. The number of carbonyl (C=O) groups excluding carboxylic acids is 2. The first-order valence-electron chi connectivity index (χ1n) is 8.68. The summed E-state index contributed by atoms with van der Waals surface area (Å²) in [5.74, 6) is -0.429. The molecule has 6 nitrogen and oxygen atoms in total. The fraction of sp³-hybridized carbons (Fsp3) is 0.556. The number of carbonyl (C=O) groups is 2. The molecule has 0 saturated carbocycles. The average molecular weight is 364 g/mol. The zero-order valence-electron chi connectivity index (χ0n) is 14.6. The molecule has 3 rings (SSSR count). The molecule has 2 heterocycles. The lowest BCUT2D eigenvalue weighted by atomic mass is 10.1. The van der Waals surface area contributed by atoms with E-state index in [1.165, 1.54) is 0 Å². The van der Waals surface area contributed by atoms with Crippen LogP contribution < -0.4 is 4.90 Å². The van der Waals surface area contributed by atoms with Crippen LogP contribution in [0.5, 0.6) is 0 Å². The summed E-state index contributed by atoms with van der Waals surface area (Å²) < 4.78 is 23.4. The van der Waals surface area contributed by atoms with Gasteiger partial charge in [-0.1, -0.05) is 12.1 Å². The highest BCUT2D eigenvalue weighted by atomic mass is 32.2. The van der Waals surface area contributed by atoms with Gasteiger partial charge in [-0.3, -0.25) is 9.59 Å². The van der Waals surface area contributed by atoms with Gasteiger partial charge in [-0.15, -0.1) is 0 Å². The van der Waals surface area contributed by atoms with Gasteiger partial charge >= 0.3 is 0 Å². The maximum absolute atomic E-state index is 13.0. The van der Waals surface area contributed by atoms with Gasteiger partial charge in [0, 0.05) is 31.2 Å². The summed E-state index contributed by atoms with van der Waals surface area (Å²) >= 11 is 0. The number of amides is 2. The van der Waals surface area contributed by atoms with E-state index in [1.54, 1.807) is 9.80 Å². The quantitative estimate of drug-likeness (QED) is 0.809. The molecule has 1 aromatic carbocycles. The molecule has 136 valence electrons. The van der Waals surface area contributed by atoms with Crippen molar-refractivity contribution in [2.75, 3.05) is 29.5 Å². The summed E-state index contributed by atoms with van der Waals surface area (Å²) in [7, 11) is -3.05. The van der Waals surface area contributed by atoms with Crippen molar-refractivity contribution in [2.45, 2.75) is 32.7 Å². The van der Waals surface area contributed by atoms with Crippen LogP contribution in [-0.4, -0.2) is 55.8 Å². The van der Waals surface area contributed by atoms with Crippen molar-refractivity contribution in [1.29, 1.82) is 0 Å². The van der Waals surface area contributed by atoms with Crippen LogP contribution in [0.4, 0.5) is 5.69 Å². The summed E-state index contributed by atoms with van der Waals surface area (Å²) in [6, 6.07) is 7.47. The molecule has 2 amide bonds. The third-order valence-electron chi connectivity index (χ3n) is 5.05. The van der Waals surface area contributed by atoms with E-state index in [0.717, 1.165) is 11.3 Å². The van der Waals surface area contributed by atoms with Gasteiger partial charge in [0.1, 0.15) is 0 Å². The lowest BCUT2D eigenvalue weighted by Gasteiger charge is -2.26. The number of benzene rings is 1. The molecule has 0 bridgehead atoms. The van der Waals surface area contributed by atoms with Crippen LogP contribution in [0, 0.1) is 12.8 Å². The number of nitrogens with zero attached hydrogens (tertiary/aromatic N) is 2. The largest absolute Gasteiger partial charge is 0.338 e. The number of hydrogen-bond acceptors (Lipinski definition) is 4. The smallest absolute Gasteiger partial charge is 0.232 e. The van der Waals surface area contributed by atoms with Gasteiger partial charge in [0.15, 0.2) is 9.84 Å². The Bertz CT molecular complexity index is 790. The molecule has 1 aromatic rings. The zero-order valence-corrected chi connectivity index (χ0v) is 15.5. The lowest BCUT2D eigenvalue weighted by molar-refractivity contribution is -0.129. The van der Waals surface area contributed by atoms with Crippen LogP contribution in [0.1, 0.15) is 25.3 Å². The molecule has 2 fully saturated rings. The number of aryl methyl sites for hydroxylation is 1. The predicted octanol–water partition coefficient (Wildman–Crippen LogP) is 1.38. The molecule has 2 aliphatic heterocycles. The van der Waals surface area contributed by atoms with Crippen molar-refractivity contribution in [2.24, 2.45) is 5.92 Å². The first-order chi connectivity index (χ1) is 11.8. The van der Waals surface area contributed by atoms with Crippen LogP contribution in [0.2, 0.25) is 0 Å². The van der Waals surface area contributed by atoms with Crippen molar-refractivity contribution in [3.05, 3.63) is 29.8 Å². The summed E-state index contributed by atoms with van der Waals surface area (Å²) in [4.78, 5) is 28.6. The lowest BCUT2D eigenvalue weighted by Crippen LogP contribution is -2.40. The molecule has 2 unspecified atom stereocenters. The van der Waals surface area contributed by atoms with E-state index in [2.05, 4.69) is 0 Å². The summed E-state index contributed by atoms with van der Waals surface area (Å²) in [6.45, 7) is 4.74. The molecule has 2 aliphatic rings. The number of rotatable bonds is 4. The number of sulfone groups is 1. The minimum Gasteiger partial charge on any atom is -0.338 e. The molecular formula is C18H24N2O4S. The van der Waals surface area contributed by atoms with Gasteiger partial charge in [0.05, 0.1) is 17.4 Å². The molecule has 0 spiro atoms. The zero-order chi connectivity index (χ0) is 18.2. The normalized spacial score (nSPS) is 25.4. The highest BCUT2D eigenvalue weighted by Crippen LogP contribution is 2.28. The Morgan fingerprint density at radius 1 is 1.36 bits per heavy atom. The summed E-state index contributed by atoms with van der Waals surface area (Å²) in [6.07, 6.45) is 0.641. The highest BCUT2D eigenvalue weighted by Gasteiger charge is 2.42. The Labute approximate surface area is 148 Å². The topological polar surface area (TPSA) is 74.8 Å². The van der Waals surface area contributed by atoms with Crippen LogP contribution in [0.25, 0.3) is 0 Å². The van der Waals surface area contributed by atoms with Crippen molar-refractivity contribution < 1.29 is 18.0 Å². The van der Waals surface area contributed by atoms with E-state index < -0.39 is 15.8 Å². The Hall–Kier alpha value is -1.89. The second kappa shape index (κ2) is 6.78. The third-order valence-corrected chi connectivity index (χ3v) is 6.80. The van der Waals surface area contributed by atoms with E-state index in [9.17, 15) is 18.0 Å². The second-order valence-corrected chi connectivity index (χ2v) is 9.15. The molecule has 0 aliphatic carbocycles. The summed E-state index contributed by atoms with van der Waals surface area (Å²) in [5, 5.41) is 0. The first kappa shape index (κ1) is 17.9. The van der Waals surface area contributed by atoms with Gasteiger partial charge < -0.3 is 9.80 Å². The van der Waals surface area contributed by atoms with Gasteiger partial charge in [0.2, 0.25) is 11.8 Å². The minimum atomic E-state index is -3.05. The molecule has 25 heavy (non-hydrogen) atoms. The fourth-order valence-corrected chi connectivity index (χ4v) is 5.48. The Morgan fingerprint density at radius 2 is 2.12 bits per heavy atom. The Balaban J connectivity index is 1.73. The van der Waals surface area contributed by atoms with Crippen molar-refractivity contribution in [3.63, 3.8) is 0 Å². The molecule has 2 atom stereocenters. The molecule has 0 aromatic heterocycles. The van der Waals surface area contributed by atoms with Gasteiger partial charge in [-0.25, -0.2) is 8.42 Å². The van der Waals surface area contributed by atoms with Crippen LogP contribution >= 0.6 is 0 Å². The fourth-order valence-electron chi connectivity index (χ4n) is 3.75. The molecular weight excluding hydrogens is 340 g/mol. The van der Waals surface area contributed by atoms with Crippen LogP contribution in [0.3, 0.4) is 0 Å². The number of anilines is 1.